The highest BCUT2D eigenvalue weighted by atomic mass is 16.4. The van der Waals surface area contributed by atoms with Gasteiger partial charge in [0.15, 0.2) is 0 Å². The van der Waals surface area contributed by atoms with Crippen molar-refractivity contribution < 1.29 is 5.21 Å². The van der Waals surface area contributed by atoms with Crippen LogP contribution in [-0.4, -0.2) is 24.1 Å². The summed E-state index contributed by atoms with van der Waals surface area (Å²) in [5.41, 5.74) is 8.10. The minimum absolute atomic E-state index is 0.297. The summed E-state index contributed by atoms with van der Waals surface area (Å²) in [7, 11) is 0. The molecule has 4 nitrogen and oxygen atoms in total. The summed E-state index contributed by atoms with van der Waals surface area (Å²) >= 11 is 0. The molecule has 1 aromatic rings. The lowest BCUT2D eigenvalue weighted by Gasteiger charge is -2.06. The van der Waals surface area contributed by atoms with Crippen LogP contribution in [0.25, 0.3) is 0 Å². The van der Waals surface area contributed by atoms with Crippen LogP contribution in [0.4, 0.5) is 0 Å². The third-order valence-corrected chi connectivity index (χ3v) is 2.75. The first-order valence-electron chi connectivity index (χ1n) is 5.95. The summed E-state index contributed by atoms with van der Waals surface area (Å²) in [6, 6.07) is 8.42. The highest BCUT2D eigenvalue weighted by Crippen LogP contribution is 2.06. The van der Waals surface area contributed by atoms with Gasteiger partial charge in [-0.25, -0.2) is 0 Å². The number of benzene rings is 1. The molecule has 0 bridgehead atoms. The van der Waals surface area contributed by atoms with Gasteiger partial charge in [0.05, 0.1) is 0 Å². The van der Waals surface area contributed by atoms with Crippen molar-refractivity contribution in [2.24, 2.45) is 10.9 Å². The van der Waals surface area contributed by atoms with Crippen molar-refractivity contribution in [2.45, 2.75) is 26.2 Å². The van der Waals surface area contributed by atoms with E-state index < -0.39 is 0 Å². The van der Waals surface area contributed by atoms with Crippen molar-refractivity contribution in [1.29, 1.82) is 0 Å². The molecule has 0 aliphatic carbocycles. The van der Waals surface area contributed by atoms with Crippen LogP contribution in [0.1, 0.15) is 24.0 Å². The molecule has 0 heterocycles. The highest BCUT2D eigenvalue weighted by molar-refractivity contribution is 5.79. The molecule has 4 heteroatoms. The van der Waals surface area contributed by atoms with E-state index in [1.165, 1.54) is 11.1 Å². The van der Waals surface area contributed by atoms with Crippen molar-refractivity contribution in [2.75, 3.05) is 13.1 Å². The van der Waals surface area contributed by atoms with Gasteiger partial charge in [-0.15, -0.1) is 0 Å². The van der Waals surface area contributed by atoms with Crippen LogP contribution in [0.2, 0.25) is 0 Å². The lowest BCUT2D eigenvalue weighted by Crippen LogP contribution is -2.21. The van der Waals surface area contributed by atoms with E-state index in [4.69, 9.17) is 10.9 Å². The Morgan fingerprint density at radius 3 is 2.82 bits per heavy atom. The predicted octanol–water partition coefficient (Wildman–Crippen LogP) is 1.65. The van der Waals surface area contributed by atoms with E-state index in [1.807, 2.05) is 0 Å². The minimum Gasteiger partial charge on any atom is -0.409 e. The van der Waals surface area contributed by atoms with Gasteiger partial charge >= 0.3 is 0 Å². The van der Waals surface area contributed by atoms with Gasteiger partial charge in [0.1, 0.15) is 5.84 Å². The smallest absolute Gasteiger partial charge is 0.139 e. The Bertz CT molecular complexity index is 363. The SMILES string of the molecule is Cc1ccccc1CCNCCCC(N)=NO. The molecular formula is C13H21N3O. The summed E-state index contributed by atoms with van der Waals surface area (Å²) < 4.78 is 0. The molecule has 0 saturated heterocycles. The topological polar surface area (TPSA) is 70.6 Å². The van der Waals surface area contributed by atoms with Crippen molar-refractivity contribution >= 4 is 5.84 Å². The molecule has 0 aliphatic rings. The number of nitrogens with zero attached hydrogens (tertiary/aromatic N) is 1. The van der Waals surface area contributed by atoms with Crippen molar-refractivity contribution in [3.63, 3.8) is 0 Å². The maximum absolute atomic E-state index is 8.36. The second kappa shape index (κ2) is 7.68. The number of oxime groups is 1. The molecule has 4 N–H and O–H groups in total. The second-order valence-electron chi connectivity index (χ2n) is 4.12. The van der Waals surface area contributed by atoms with Gasteiger partial charge in [-0.2, -0.15) is 0 Å². The van der Waals surface area contributed by atoms with Gasteiger partial charge in [0.25, 0.3) is 0 Å². The van der Waals surface area contributed by atoms with Crippen LogP contribution in [0, 0.1) is 6.92 Å². The van der Waals surface area contributed by atoms with Crippen LogP contribution >= 0.6 is 0 Å². The van der Waals surface area contributed by atoms with E-state index in [1.54, 1.807) is 0 Å². The Kier molecular flexibility index (Phi) is 6.10. The van der Waals surface area contributed by atoms with Gasteiger partial charge in [-0.1, -0.05) is 29.4 Å². The predicted molar refractivity (Wildman–Crippen MR) is 70.4 cm³/mol. The van der Waals surface area contributed by atoms with Crippen molar-refractivity contribution in [3.05, 3.63) is 35.4 Å². The minimum atomic E-state index is 0.297. The zero-order chi connectivity index (χ0) is 12.5. The summed E-state index contributed by atoms with van der Waals surface area (Å²) in [4.78, 5) is 0. The molecule has 94 valence electrons. The fourth-order valence-corrected chi connectivity index (χ4v) is 1.68. The first kappa shape index (κ1) is 13.5. The van der Waals surface area contributed by atoms with Crippen LogP contribution < -0.4 is 11.1 Å². The van der Waals surface area contributed by atoms with Gasteiger partial charge in [-0.3, -0.25) is 0 Å². The first-order valence-corrected chi connectivity index (χ1v) is 5.95. The molecule has 17 heavy (non-hydrogen) atoms. The quantitative estimate of drug-likeness (QED) is 0.221. The molecular weight excluding hydrogens is 214 g/mol. The highest BCUT2D eigenvalue weighted by Gasteiger charge is 1.97. The van der Waals surface area contributed by atoms with Crippen LogP contribution in [-0.2, 0) is 6.42 Å². The molecule has 0 amide bonds. The van der Waals surface area contributed by atoms with Crippen LogP contribution in [0.3, 0.4) is 0 Å². The molecule has 1 rings (SSSR count). The number of nitrogens with one attached hydrogen (secondary N) is 1. The normalized spacial score (nSPS) is 11.7. The lowest BCUT2D eigenvalue weighted by atomic mass is 10.1. The number of hydrogen-bond donors (Lipinski definition) is 3. The lowest BCUT2D eigenvalue weighted by molar-refractivity contribution is 0.316. The molecule has 0 radical (unpaired) electrons. The molecule has 0 aliphatic heterocycles. The first-order chi connectivity index (χ1) is 8.24. The Morgan fingerprint density at radius 2 is 2.12 bits per heavy atom. The molecule has 0 atom stereocenters. The summed E-state index contributed by atoms with van der Waals surface area (Å²) in [6.45, 7) is 3.98. The maximum atomic E-state index is 8.36. The summed E-state index contributed by atoms with van der Waals surface area (Å²) in [5.74, 6) is 0.297. The average molecular weight is 235 g/mol. The van der Waals surface area contributed by atoms with Gasteiger partial charge in [-0.05, 0) is 44.0 Å². The van der Waals surface area contributed by atoms with E-state index in [-0.39, 0.29) is 0 Å². The molecule has 0 aromatic heterocycles. The van der Waals surface area contributed by atoms with E-state index in [0.29, 0.717) is 12.3 Å². The zero-order valence-electron chi connectivity index (χ0n) is 10.3. The largest absolute Gasteiger partial charge is 0.409 e. The number of rotatable bonds is 7. The third-order valence-electron chi connectivity index (χ3n) is 2.75. The van der Waals surface area contributed by atoms with Crippen molar-refractivity contribution in [3.8, 4) is 0 Å². The van der Waals surface area contributed by atoms with E-state index in [2.05, 4.69) is 41.7 Å². The number of amidine groups is 1. The molecule has 0 saturated carbocycles. The fourth-order valence-electron chi connectivity index (χ4n) is 1.68. The van der Waals surface area contributed by atoms with E-state index in [9.17, 15) is 0 Å². The number of aryl methyl sites for hydroxylation is 1. The monoisotopic (exact) mass is 235 g/mol. The van der Waals surface area contributed by atoms with Crippen LogP contribution in [0.5, 0.6) is 0 Å². The summed E-state index contributed by atoms with van der Waals surface area (Å²) in [5, 5.41) is 14.6. The number of hydrogen-bond acceptors (Lipinski definition) is 3. The molecule has 0 fully saturated rings. The average Bonchev–Trinajstić information content (AvgIpc) is 2.35. The number of nitrogens with two attached hydrogens (primary N) is 1. The zero-order valence-corrected chi connectivity index (χ0v) is 10.3. The Morgan fingerprint density at radius 1 is 1.35 bits per heavy atom. The Labute approximate surface area is 103 Å². The van der Waals surface area contributed by atoms with Crippen LogP contribution in [0.15, 0.2) is 29.4 Å². The summed E-state index contributed by atoms with van der Waals surface area (Å²) in [6.07, 6.45) is 2.56. The molecule has 1 aromatic carbocycles. The van der Waals surface area contributed by atoms with E-state index in [0.717, 1.165) is 25.9 Å². The fraction of sp³-hybridized carbons (Fsp3) is 0.462. The Balaban J connectivity index is 2.11. The maximum Gasteiger partial charge on any atom is 0.139 e. The Hall–Kier alpha value is -1.55. The van der Waals surface area contributed by atoms with Gasteiger partial charge < -0.3 is 16.3 Å². The standard InChI is InChI=1S/C13H21N3O/c1-11-5-2-3-6-12(11)8-10-15-9-4-7-13(14)16-17/h2-3,5-6,15,17H,4,7-10H2,1H3,(H2,14,16). The molecule has 0 unspecified atom stereocenters. The van der Waals surface area contributed by atoms with Gasteiger partial charge in [0, 0.05) is 6.42 Å². The van der Waals surface area contributed by atoms with Gasteiger partial charge in [0.2, 0.25) is 0 Å². The third kappa shape index (κ3) is 5.36. The molecule has 0 spiro atoms. The second-order valence-corrected chi connectivity index (χ2v) is 4.12. The van der Waals surface area contributed by atoms with E-state index >= 15 is 0 Å². The van der Waals surface area contributed by atoms with Crippen molar-refractivity contribution in [1.82, 2.24) is 5.32 Å².